The lowest BCUT2D eigenvalue weighted by Crippen LogP contribution is -2.30. The Labute approximate surface area is 144 Å². The molecule has 0 aromatic heterocycles. The summed E-state index contributed by atoms with van der Waals surface area (Å²) in [7, 11) is 1.55. The molecule has 2 rings (SSSR count). The van der Waals surface area contributed by atoms with Crippen LogP contribution < -0.4 is 5.32 Å². The first kappa shape index (κ1) is 17.9. The second-order valence-corrected chi connectivity index (χ2v) is 5.56. The minimum Gasteiger partial charge on any atom is -0.375 e. The number of nitrogens with one attached hydrogen (secondary N) is 1. The van der Waals surface area contributed by atoms with Gasteiger partial charge in [0.15, 0.2) is 0 Å². The number of methoxy groups -OCH3 is 1. The van der Waals surface area contributed by atoms with Gasteiger partial charge in [0.05, 0.1) is 11.3 Å². The van der Waals surface area contributed by atoms with Crippen molar-refractivity contribution in [1.82, 2.24) is 5.32 Å². The normalized spacial score (nSPS) is 11.8. The zero-order valence-electron chi connectivity index (χ0n) is 13.1. The van der Waals surface area contributed by atoms with E-state index < -0.39 is 4.92 Å². The quantitative estimate of drug-likeness (QED) is 0.615. The van der Waals surface area contributed by atoms with Gasteiger partial charge in [-0.3, -0.25) is 14.9 Å². The van der Waals surface area contributed by atoms with Crippen LogP contribution in [0.1, 0.15) is 17.2 Å². The number of carbonyl (C=O) groups is 1. The molecule has 0 aliphatic heterocycles. The van der Waals surface area contributed by atoms with Crippen molar-refractivity contribution < 1.29 is 14.5 Å². The van der Waals surface area contributed by atoms with Crippen LogP contribution in [-0.2, 0) is 16.0 Å². The SMILES string of the molecule is COC(CNC(=O)Cc1ccc([N+](=O)[O-])cc1)c1ccccc1Cl. The smallest absolute Gasteiger partial charge is 0.269 e. The van der Waals surface area contributed by atoms with Gasteiger partial charge in [-0.2, -0.15) is 0 Å². The Hall–Kier alpha value is -2.44. The molecule has 0 saturated carbocycles. The molecular formula is C17H17ClN2O4. The molecule has 2 aromatic carbocycles. The highest BCUT2D eigenvalue weighted by molar-refractivity contribution is 6.31. The van der Waals surface area contributed by atoms with E-state index in [2.05, 4.69) is 5.32 Å². The highest BCUT2D eigenvalue weighted by atomic mass is 35.5. The van der Waals surface area contributed by atoms with Crippen molar-refractivity contribution in [2.75, 3.05) is 13.7 Å². The minimum atomic E-state index is -0.476. The van der Waals surface area contributed by atoms with E-state index in [9.17, 15) is 14.9 Å². The summed E-state index contributed by atoms with van der Waals surface area (Å²) in [5, 5.41) is 14.0. The number of benzene rings is 2. The number of nitro benzene ring substituents is 1. The molecule has 24 heavy (non-hydrogen) atoms. The van der Waals surface area contributed by atoms with Crippen LogP contribution in [0.4, 0.5) is 5.69 Å². The molecule has 0 fully saturated rings. The second-order valence-electron chi connectivity index (χ2n) is 5.15. The fourth-order valence-corrected chi connectivity index (χ4v) is 2.50. The number of nitrogens with zero attached hydrogens (tertiary/aromatic N) is 1. The standard InChI is InChI=1S/C17H17ClN2O4/c1-24-16(14-4-2-3-5-15(14)18)11-19-17(21)10-12-6-8-13(9-7-12)20(22)23/h2-9,16H,10-11H2,1H3,(H,19,21). The molecule has 1 unspecified atom stereocenters. The summed E-state index contributed by atoms with van der Waals surface area (Å²) in [6.07, 6.45) is -0.212. The van der Waals surface area contributed by atoms with Crippen LogP contribution in [0.2, 0.25) is 5.02 Å². The van der Waals surface area contributed by atoms with E-state index in [4.69, 9.17) is 16.3 Å². The van der Waals surface area contributed by atoms with Gasteiger partial charge >= 0.3 is 0 Å². The number of rotatable bonds is 7. The van der Waals surface area contributed by atoms with E-state index in [0.717, 1.165) is 5.56 Å². The molecule has 0 bridgehead atoms. The molecular weight excluding hydrogens is 332 g/mol. The van der Waals surface area contributed by atoms with Crippen LogP contribution in [0, 0.1) is 10.1 Å². The molecule has 0 saturated heterocycles. The molecule has 0 radical (unpaired) electrons. The summed E-state index contributed by atoms with van der Waals surface area (Å²) in [6, 6.07) is 13.2. The van der Waals surface area contributed by atoms with Gasteiger partial charge < -0.3 is 10.1 Å². The summed E-state index contributed by atoms with van der Waals surface area (Å²) >= 11 is 6.14. The summed E-state index contributed by atoms with van der Waals surface area (Å²) in [5.41, 5.74) is 1.50. The highest BCUT2D eigenvalue weighted by Gasteiger charge is 2.15. The van der Waals surface area contributed by atoms with E-state index in [1.807, 2.05) is 18.2 Å². The van der Waals surface area contributed by atoms with Gasteiger partial charge in [-0.1, -0.05) is 41.9 Å². The first-order chi connectivity index (χ1) is 11.5. The predicted octanol–water partition coefficient (Wildman–Crippen LogP) is 3.29. The van der Waals surface area contributed by atoms with Gasteiger partial charge in [-0.15, -0.1) is 0 Å². The Morgan fingerprint density at radius 2 is 1.92 bits per heavy atom. The second kappa shape index (κ2) is 8.42. The molecule has 1 N–H and O–H groups in total. The number of carbonyl (C=O) groups excluding carboxylic acids is 1. The Balaban J connectivity index is 1.92. The Morgan fingerprint density at radius 1 is 1.25 bits per heavy atom. The summed E-state index contributed by atoms with van der Waals surface area (Å²) in [6.45, 7) is 0.284. The third kappa shape index (κ3) is 4.78. The van der Waals surface area contributed by atoms with Crippen molar-refractivity contribution in [2.24, 2.45) is 0 Å². The number of hydrogen-bond acceptors (Lipinski definition) is 4. The molecule has 6 nitrogen and oxygen atoms in total. The third-order valence-corrected chi connectivity index (χ3v) is 3.88. The van der Waals surface area contributed by atoms with Crippen molar-refractivity contribution in [2.45, 2.75) is 12.5 Å². The van der Waals surface area contributed by atoms with E-state index >= 15 is 0 Å². The number of non-ortho nitro benzene ring substituents is 1. The summed E-state index contributed by atoms with van der Waals surface area (Å²) in [4.78, 5) is 22.2. The van der Waals surface area contributed by atoms with Crippen molar-refractivity contribution in [1.29, 1.82) is 0 Å². The maximum absolute atomic E-state index is 12.0. The van der Waals surface area contributed by atoms with Crippen molar-refractivity contribution in [3.8, 4) is 0 Å². The first-order valence-electron chi connectivity index (χ1n) is 7.28. The van der Waals surface area contributed by atoms with Crippen molar-refractivity contribution in [3.05, 3.63) is 74.8 Å². The lowest BCUT2D eigenvalue weighted by atomic mass is 10.1. The van der Waals surface area contributed by atoms with Gasteiger partial charge in [0.2, 0.25) is 5.91 Å². The Morgan fingerprint density at radius 3 is 2.50 bits per heavy atom. The van der Waals surface area contributed by atoms with Crippen LogP contribution in [0.15, 0.2) is 48.5 Å². The fourth-order valence-electron chi connectivity index (χ4n) is 2.25. The van der Waals surface area contributed by atoms with Crippen molar-refractivity contribution >= 4 is 23.2 Å². The van der Waals surface area contributed by atoms with Gasteiger partial charge in [0.1, 0.15) is 6.10 Å². The zero-order chi connectivity index (χ0) is 17.5. The van der Waals surface area contributed by atoms with Gasteiger partial charge in [0.25, 0.3) is 5.69 Å². The van der Waals surface area contributed by atoms with Gasteiger partial charge in [-0.05, 0) is 11.6 Å². The molecule has 1 amide bonds. The van der Waals surface area contributed by atoms with E-state index in [-0.39, 0.29) is 30.7 Å². The molecule has 126 valence electrons. The lowest BCUT2D eigenvalue weighted by molar-refractivity contribution is -0.384. The van der Waals surface area contributed by atoms with Crippen LogP contribution in [0.3, 0.4) is 0 Å². The number of halogens is 1. The zero-order valence-corrected chi connectivity index (χ0v) is 13.8. The van der Waals surface area contributed by atoms with Crippen LogP contribution >= 0.6 is 11.6 Å². The van der Waals surface area contributed by atoms with E-state index in [1.165, 1.54) is 12.1 Å². The third-order valence-electron chi connectivity index (χ3n) is 3.53. The topological polar surface area (TPSA) is 81.5 Å². The molecule has 0 aliphatic rings. The minimum absolute atomic E-state index is 0.00248. The van der Waals surface area contributed by atoms with Crippen LogP contribution in [-0.4, -0.2) is 24.5 Å². The van der Waals surface area contributed by atoms with Crippen LogP contribution in [0.25, 0.3) is 0 Å². The largest absolute Gasteiger partial charge is 0.375 e. The van der Waals surface area contributed by atoms with Gasteiger partial charge in [-0.25, -0.2) is 0 Å². The fraction of sp³-hybridized carbons (Fsp3) is 0.235. The monoisotopic (exact) mass is 348 g/mol. The first-order valence-corrected chi connectivity index (χ1v) is 7.66. The summed E-state index contributed by atoms with van der Waals surface area (Å²) in [5.74, 6) is -0.196. The molecule has 0 heterocycles. The van der Waals surface area contributed by atoms with Gasteiger partial charge in [0, 0.05) is 36.4 Å². The predicted molar refractivity (Wildman–Crippen MR) is 91.0 cm³/mol. The number of hydrogen-bond donors (Lipinski definition) is 1. The molecule has 2 aromatic rings. The van der Waals surface area contributed by atoms with E-state index in [0.29, 0.717) is 10.6 Å². The van der Waals surface area contributed by atoms with E-state index in [1.54, 1.807) is 25.3 Å². The average Bonchev–Trinajstić information content (AvgIpc) is 2.57. The number of ether oxygens (including phenoxy) is 1. The highest BCUT2D eigenvalue weighted by Crippen LogP contribution is 2.24. The number of amides is 1. The Kier molecular flexibility index (Phi) is 6.28. The summed E-state index contributed by atoms with van der Waals surface area (Å²) < 4.78 is 5.39. The number of nitro groups is 1. The maximum Gasteiger partial charge on any atom is 0.269 e. The van der Waals surface area contributed by atoms with Crippen molar-refractivity contribution in [3.63, 3.8) is 0 Å². The molecule has 1 atom stereocenters. The average molecular weight is 349 g/mol. The molecule has 7 heteroatoms. The van der Waals surface area contributed by atoms with Crippen LogP contribution in [0.5, 0.6) is 0 Å². The maximum atomic E-state index is 12.0. The molecule has 0 aliphatic carbocycles. The lowest BCUT2D eigenvalue weighted by Gasteiger charge is -2.17. The Bertz CT molecular complexity index is 719. The molecule has 0 spiro atoms.